The van der Waals surface area contributed by atoms with Crippen molar-refractivity contribution in [2.24, 2.45) is 0 Å². The molecule has 11 atom stereocenters. The van der Waals surface area contributed by atoms with Crippen LogP contribution in [0.4, 0.5) is 0 Å². The fraction of sp³-hybridized carbons (Fsp3) is 0.250. The van der Waals surface area contributed by atoms with E-state index in [0.717, 1.165) is 5.56 Å². The van der Waals surface area contributed by atoms with Crippen molar-refractivity contribution in [2.45, 2.75) is 66.8 Å². The summed E-state index contributed by atoms with van der Waals surface area (Å²) in [6.07, 6.45) is -10.1. The van der Waals surface area contributed by atoms with E-state index in [2.05, 4.69) is 0 Å². The van der Waals surface area contributed by atoms with Gasteiger partial charge in [-0.1, -0.05) is 36.4 Å². The van der Waals surface area contributed by atoms with Gasteiger partial charge in [0.05, 0.1) is 24.4 Å². The number of hydrogen-bond acceptors (Lipinski definition) is 14. The molecule has 0 unspecified atom stereocenters. The highest BCUT2D eigenvalue weighted by atomic mass is 16.7. The summed E-state index contributed by atoms with van der Waals surface area (Å²) in [7, 11) is 0. The van der Waals surface area contributed by atoms with E-state index in [4.69, 9.17) is 23.7 Å². The van der Waals surface area contributed by atoms with Crippen LogP contribution in [0.5, 0.6) is 51.7 Å². The average molecular weight is 841 g/mol. The summed E-state index contributed by atoms with van der Waals surface area (Å²) < 4.78 is 32.8. The topological polar surface area (TPSA) is 228 Å². The van der Waals surface area contributed by atoms with Gasteiger partial charge in [0.1, 0.15) is 94.5 Å². The Bertz CT molecular complexity index is 2670. The highest BCUT2D eigenvalue weighted by molar-refractivity contribution is 5.70. The van der Waals surface area contributed by atoms with E-state index >= 15 is 0 Å². The second-order valence-electron chi connectivity index (χ2n) is 16.5. The van der Waals surface area contributed by atoms with Crippen LogP contribution in [0.15, 0.2) is 109 Å². The minimum absolute atomic E-state index is 0.0423. The first-order chi connectivity index (χ1) is 29.9. The molecule has 4 heterocycles. The van der Waals surface area contributed by atoms with Crippen molar-refractivity contribution in [2.75, 3.05) is 6.61 Å². The Labute approximate surface area is 353 Å². The Morgan fingerprint density at radius 3 is 1.23 bits per heavy atom. The lowest BCUT2D eigenvalue weighted by molar-refractivity contribution is -0.277. The van der Waals surface area contributed by atoms with Gasteiger partial charge in [0.2, 0.25) is 6.29 Å². The summed E-state index contributed by atoms with van der Waals surface area (Å²) in [5.74, 6) is -0.752. The molecule has 1 fully saturated rings. The first-order valence-corrected chi connectivity index (χ1v) is 20.2. The zero-order valence-corrected chi connectivity index (χ0v) is 32.5. The van der Waals surface area contributed by atoms with Crippen molar-refractivity contribution >= 4 is 0 Å². The lowest BCUT2D eigenvalue weighted by Gasteiger charge is -2.39. The van der Waals surface area contributed by atoms with Crippen molar-refractivity contribution in [3.63, 3.8) is 0 Å². The van der Waals surface area contributed by atoms with E-state index in [9.17, 15) is 46.0 Å². The van der Waals surface area contributed by atoms with Crippen molar-refractivity contribution in [3.05, 3.63) is 159 Å². The molecule has 14 heteroatoms. The van der Waals surface area contributed by atoms with Crippen LogP contribution in [0.25, 0.3) is 0 Å². The maximum Gasteiger partial charge on any atom is 0.229 e. The quantitative estimate of drug-likeness (QED) is 0.101. The summed E-state index contributed by atoms with van der Waals surface area (Å²) >= 11 is 0. The van der Waals surface area contributed by atoms with Crippen LogP contribution in [-0.4, -0.2) is 83.3 Å². The molecular weight excluding hydrogens is 801 g/mol. The predicted octanol–water partition coefficient (Wildman–Crippen LogP) is 5.50. The second kappa shape index (κ2) is 14.2. The molecule has 1 aliphatic carbocycles. The largest absolute Gasteiger partial charge is 0.508 e. The predicted molar refractivity (Wildman–Crippen MR) is 217 cm³/mol. The number of aromatic hydroxyl groups is 5. The number of benzene rings is 6. The molecule has 1 saturated heterocycles. The number of phenolic OH excluding ortho intramolecular Hbond substituents is 5. The molecule has 5 aliphatic rings. The summed E-state index contributed by atoms with van der Waals surface area (Å²) in [4.78, 5) is 0. The number of aliphatic hydroxyl groups is 4. The van der Waals surface area contributed by atoms with Gasteiger partial charge >= 0.3 is 0 Å². The standard InChI is InChI=1S/C48H40O14/c49-19-35-42(55)43(56)44(57)48(62-35)58-28-17-31-38-34(18-28)61-46(21-3-9-24(51)10-4-21)40(38)29-13-26(53)15-32-36(29)39(45(59-32)20-1-7-23(50)8-2-20)30-14-27(54)16-33-37(30)41(31)47(60-33)22-5-11-25(52)12-6-22/h1-18,35,39-57H,19H2/t35-,39-,40+,41-,42-,43+,44-,45+,46-,47+,48-/m1/s1. The van der Waals surface area contributed by atoms with Gasteiger partial charge in [-0.25, -0.2) is 0 Å². The fourth-order valence-corrected chi connectivity index (χ4v) is 10.1. The Kier molecular flexibility index (Phi) is 8.76. The number of aliphatic hydroxyl groups excluding tert-OH is 4. The van der Waals surface area contributed by atoms with E-state index in [0.29, 0.717) is 61.8 Å². The monoisotopic (exact) mass is 840 g/mol. The molecule has 0 aromatic heterocycles. The minimum Gasteiger partial charge on any atom is -0.508 e. The lowest BCUT2D eigenvalue weighted by Crippen LogP contribution is -2.60. The molecule has 4 aliphatic heterocycles. The molecule has 316 valence electrons. The summed E-state index contributed by atoms with van der Waals surface area (Å²) in [5, 5.41) is 96.4. The molecule has 9 N–H and O–H groups in total. The average Bonchev–Trinajstić information content (AvgIpc) is 3.96. The van der Waals surface area contributed by atoms with E-state index in [1.807, 2.05) is 0 Å². The summed E-state index contributed by atoms with van der Waals surface area (Å²) in [6, 6.07) is 29.8. The van der Waals surface area contributed by atoms with Crippen LogP contribution in [0.2, 0.25) is 0 Å². The van der Waals surface area contributed by atoms with Gasteiger partial charge in [-0.15, -0.1) is 0 Å². The molecule has 6 aromatic carbocycles. The molecule has 11 rings (SSSR count). The van der Waals surface area contributed by atoms with Gasteiger partial charge in [0.25, 0.3) is 0 Å². The number of phenols is 5. The van der Waals surface area contributed by atoms with Gasteiger partial charge in [0.15, 0.2) is 0 Å². The van der Waals surface area contributed by atoms with Gasteiger partial charge < -0.3 is 69.6 Å². The minimum atomic E-state index is -1.72. The Balaban J connectivity index is 1.21. The Hall–Kier alpha value is -6.68. The van der Waals surface area contributed by atoms with Crippen LogP contribution in [0, 0.1) is 0 Å². The highest BCUT2D eigenvalue weighted by Crippen LogP contribution is 2.66. The molecule has 14 nitrogen and oxygen atoms in total. The number of hydrogen-bond donors (Lipinski definition) is 9. The van der Waals surface area contributed by atoms with Crippen LogP contribution < -0.4 is 18.9 Å². The van der Waals surface area contributed by atoms with Gasteiger partial charge in [-0.05, 0) is 88.0 Å². The molecule has 0 radical (unpaired) electrons. The third-order valence-electron chi connectivity index (χ3n) is 12.8. The normalized spacial score (nSPS) is 28.5. The van der Waals surface area contributed by atoms with Crippen LogP contribution in [-0.2, 0) is 4.74 Å². The maximum atomic E-state index is 11.5. The van der Waals surface area contributed by atoms with Crippen LogP contribution >= 0.6 is 0 Å². The van der Waals surface area contributed by atoms with Gasteiger partial charge in [0, 0.05) is 34.9 Å². The SMILES string of the molecule is OC[C@H]1O[C@@H](Oc2cc3c4c(c2)[C@@H]2c5c(cc(O)cc5[C@@H]5c6c(cc(O)cc6[C@@H]4[C@@H](c4ccc(O)cc4)O3)O[C@H]5c3ccc(O)cc3)O[C@H]2c2ccc(O)cc2)[C@H](O)[C@@H](O)[C@@H]1O. The molecular formula is C48H40O14. The lowest BCUT2D eigenvalue weighted by atomic mass is 9.76. The molecule has 6 aromatic rings. The Morgan fingerprint density at radius 2 is 0.823 bits per heavy atom. The fourth-order valence-electron chi connectivity index (χ4n) is 10.1. The van der Waals surface area contributed by atoms with Gasteiger partial charge in [-0.2, -0.15) is 0 Å². The molecule has 62 heavy (non-hydrogen) atoms. The molecule has 0 bridgehead atoms. The van der Waals surface area contributed by atoms with E-state index in [1.54, 1.807) is 109 Å². The van der Waals surface area contributed by atoms with Crippen molar-refractivity contribution in [1.82, 2.24) is 0 Å². The van der Waals surface area contributed by atoms with Crippen LogP contribution in [0.1, 0.15) is 86.1 Å². The number of ether oxygens (including phenoxy) is 5. The first-order valence-electron chi connectivity index (χ1n) is 20.2. The molecule has 0 saturated carbocycles. The number of fused-ring (bicyclic) bond motifs is 3. The zero-order valence-electron chi connectivity index (χ0n) is 32.5. The van der Waals surface area contributed by atoms with Crippen LogP contribution in [0.3, 0.4) is 0 Å². The molecule has 0 spiro atoms. The zero-order chi connectivity index (χ0) is 42.7. The highest BCUT2D eigenvalue weighted by Gasteiger charge is 2.53. The summed E-state index contributed by atoms with van der Waals surface area (Å²) in [6.45, 7) is -0.663. The third-order valence-corrected chi connectivity index (χ3v) is 12.8. The van der Waals surface area contributed by atoms with E-state index < -0.39 is 73.4 Å². The number of rotatable bonds is 6. The molecule has 0 amide bonds. The smallest absolute Gasteiger partial charge is 0.229 e. The second-order valence-corrected chi connectivity index (χ2v) is 16.5. The summed E-state index contributed by atoms with van der Waals surface area (Å²) in [5.41, 5.74) is 6.14. The van der Waals surface area contributed by atoms with E-state index in [-0.39, 0.29) is 34.5 Å². The van der Waals surface area contributed by atoms with Gasteiger partial charge in [-0.3, -0.25) is 0 Å². The van der Waals surface area contributed by atoms with Crippen molar-refractivity contribution in [1.29, 1.82) is 0 Å². The maximum absolute atomic E-state index is 11.5. The van der Waals surface area contributed by atoms with Crippen molar-refractivity contribution in [3.8, 4) is 51.7 Å². The van der Waals surface area contributed by atoms with Crippen molar-refractivity contribution < 1.29 is 69.6 Å². The third kappa shape index (κ3) is 5.90. The Morgan fingerprint density at radius 1 is 0.435 bits per heavy atom. The first kappa shape index (κ1) is 38.3. The van der Waals surface area contributed by atoms with E-state index in [1.165, 1.54) is 0 Å².